The Morgan fingerprint density at radius 1 is 0.828 bits per heavy atom. The van der Waals surface area contributed by atoms with Gasteiger partial charge < -0.3 is 23.9 Å². The van der Waals surface area contributed by atoms with Gasteiger partial charge in [0.15, 0.2) is 5.76 Å². The first-order chi connectivity index (χ1) is 14.1. The monoisotopic (exact) mass is 398 g/mol. The van der Waals surface area contributed by atoms with E-state index in [1.54, 1.807) is 39.0 Å². The number of nitrogens with zero attached hydrogens (tertiary/aromatic N) is 4. The van der Waals surface area contributed by atoms with Crippen molar-refractivity contribution in [3.05, 3.63) is 53.7 Å². The van der Waals surface area contributed by atoms with Crippen LogP contribution in [0.25, 0.3) is 0 Å². The van der Waals surface area contributed by atoms with Crippen LogP contribution in [0.5, 0.6) is 0 Å². The Balaban J connectivity index is 1.39. The molecule has 2 aliphatic heterocycles. The zero-order valence-electron chi connectivity index (χ0n) is 16.0. The van der Waals surface area contributed by atoms with Crippen molar-refractivity contribution in [1.82, 2.24) is 19.7 Å². The van der Waals surface area contributed by atoms with Crippen molar-refractivity contribution < 1.29 is 23.5 Å². The molecule has 9 nitrogen and oxygen atoms in total. The molecular formula is C20H22N4O5. The second-order valence-corrected chi connectivity index (χ2v) is 6.90. The normalized spacial score (nSPS) is 17.3. The molecule has 2 saturated heterocycles. The standard InChI is InChI=1S/C20H22N4O5/c25-18(24-9-12-28-13-10-24)15-3-4-21-16(14-15)19(26)22-5-7-23(8-6-22)20(27)17-2-1-11-29-17/h1-4,11,14H,5-10,12-13H2. The SMILES string of the molecule is O=C(c1ccnc(C(=O)N2CCN(C(=O)c3ccco3)CC2)c1)N1CCOCC1. The highest BCUT2D eigenvalue weighted by atomic mass is 16.5. The predicted octanol–water partition coefficient (Wildman–Crippen LogP) is 0.745. The Labute approximate surface area is 167 Å². The van der Waals surface area contributed by atoms with Crippen LogP contribution in [-0.2, 0) is 4.74 Å². The van der Waals surface area contributed by atoms with Crippen LogP contribution in [0.3, 0.4) is 0 Å². The number of hydrogen-bond donors (Lipinski definition) is 0. The molecule has 0 aromatic carbocycles. The summed E-state index contributed by atoms with van der Waals surface area (Å²) >= 11 is 0. The minimum Gasteiger partial charge on any atom is -0.459 e. The van der Waals surface area contributed by atoms with Crippen molar-refractivity contribution in [3.8, 4) is 0 Å². The van der Waals surface area contributed by atoms with Gasteiger partial charge in [-0.2, -0.15) is 0 Å². The van der Waals surface area contributed by atoms with Gasteiger partial charge in [-0.1, -0.05) is 0 Å². The average Bonchev–Trinajstić information content (AvgIpc) is 3.33. The zero-order chi connectivity index (χ0) is 20.2. The van der Waals surface area contributed by atoms with E-state index in [9.17, 15) is 14.4 Å². The van der Waals surface area contributed by atoms with Gasteiger partial charge >= 0.3 is 0 Å². The van der Waals surface area contributed by atoms with Gasteiger partial charge in [0.2, 0.25) is 0 Å². The smallest absolute Gasteiger partial charge is 0.289 e. The minimum absolute atomic E-state index is 0.126. The van der Waals surface area contributed by atoms with Crippen LogP contribution in [0.4, 0.5) is 0 Å². The predicted molar refractivity (Wildman–Crippen MR) is 101 cm³/mol. The van der Waals surface area contributed by atoms with Gasteiger partial charge in [0, 0.05) is 51.0 Å². The molecule has 2 aliphatic rings. The molecule has 2 fully saturated rings. The summed E-state index contributed by atoms with van der Waals surface area (Å²) in [6.45, 7) is 3.73. The lowest BCUT2D eigenvalue weighted by Gasteiger charge is -2.34. The van der Waals surface area contributed by atoms with Gasteiger partial charge in [0.25, 0.3) is 17.7 Å². The van der Waals surface area contributed by atoms with E-state index in [-0.39, 0.29) is 23.4 Å². The van der Waals surface area contributed by atoms with E-state index in [1.807, 2.05) is 0 Å². The van der Waals surface area contributed by atoms with E-state index in [0.29, 0.717) is 63.8 Å². The van der Waals surface area contributed by atoms with Crippen LogP contribution in [0, 0.1) is 0 Å². The quantitative estimate of drug-likeness (QED) is 0.757. The van der Waals surface area contributed by atoms with E-state index in [2.05, 4.69) is 4.98 Å². The largest absolute Gasteiger partial charge is 0.459 e. The van der Waals surface area contributed by atoms with Crippen molar-refractivity contribution >= 4 is 17.7 Å². The molecule has 0 atom stereocenters. The third-order valence-corrected chi connectivity index (χ3v) is 5.11. The Morgan fingerprint density at radius 2 is 1.48 bits per heavy atom. The molecule has 0 saturated carbocycles. The minimum atomic E-state index is -0.244. The van der Waals surface area contributed by atoms with Crippen molar-refractivity contribution in [2.75, 3.05) is 52.5 Å². The summed E-state index contributed by atoms with van der Waals surface area (Å²) in [5, 5.41) is 0. The summed E-state index contributed by atoms with van der Waals surface area (Å²) in [5.41, 5.74) is 0.673. The van der Waals surface area contributed by atoms with Gasteiger partial charge in [-0.3, -0.25) is 19.4 Å². The molecule has 0 radical (unpaired) electrons. The number of rotatable bonds is 3. The van der Waals surface area contributed by atoms with Crippen LogP contribution in [-0.4, -0.2) is 89.9 Å². The van der Waals surface area contributed by atoms with E-state index >= 15 is 0 Å². The number of ether oxygens (including phenoxy) is 1. The number of piperazine rings is 1. The first-order valence-electron chi connectivity index (χ1n) is 9.58. The van der Waals surface area contributed by atoms with Crippen LogP contribution >= 0.6 is 0 Å². The first-order valence-corrected chi connectivity index (χ1v) is 9.58. The lowest BCUT2D eigenvalue weighted by molar-refractivity contribution is 0.0302. The van der Waals surface area contributed by atoms with Crippen molar-refractivity contribution in [2.45, 2.75) is 0 Å². The molecule has 0 aliphatic carbocycles. The van der Waals surface area contributed by atoms with Gasteiger partial charge in [0.05, 0.1) is 19.5 Å². The number of hydrogen-bond acceptors (Lipinski definition) is 6. The number of carbonyl (C=O) groups is 3. The number of furan rings is 1. The highest BCUT2D eigenvalue weighted by molar-refractivity contribution is 5.98. The lowest BCUT2D eigenvalue weighted by Crippen LogP contribution is -2.50. The van der Waals surface area contributed by atoms with Gasteiger partial charge in [-0.05, 0) is 24.3 Å². The maximum absolute atomic E-state index is 12.9. The third-order valence-electron chi connectivity index (χ3n) is 5.11. The molecule has 0 bridgehead atoms. The molecule has 2 aromatic heterocycles. The summed E-state index contributed by atoms with van der Waals surface area (Å²) in [4.78, 5) is 47.0. The third kappa shape index (κ3) is 4.14. The fourth-order valence-corrected chi connectivity index (χ4v) is 3.46. The maximum Gasteiger partial charge on any atom is 0.289 e. The summed E-state index contributed by atoms with van der Waals surface area (Å²) in [5.74, 6) is -0.260. The van der Waals surface area contributed by atoms with Gasteiger partial charge in [-0.15, -0.1) is 0 Å². The van der Waals surface area contributed by atoms with Crippen LogP contribution in [0.15, 0.2) is 41.1 Å². The van der Waals surface area contributed by atoms with Crippen molar-refractivity contribution in [2.24, 2.45) is 0 Å². The number of amides is 3. The van der Waals surface area contributed by atoms with E-state index in [0.717, 1.165) is 0 Å². The summed E-state index contributed by atoms with van der Waals surface area (Å²) in [6.07, 6.45) is 2.95. The molecule has 2 aromatic rings. The lowest BCUT2D eigenvalue weighted by atomic mass is 10.1. The first kappa shape index (κ1) is 19.1. The van der Waals surface area contributed by atoms with Gasteiger partial charge in [-0.25, -0.2) is 0 Å². The number of aromatic nitrogens is 1. The number of pyridine rings is 1. The second kappa shape index (κ2) is 8.44. The van der Waals surface area contributed by atoms with Crippen molar-refractivity contribution in [1.29, 1.82) is 0 Å². The summed E-state index contributed by atoms with van der Waals surface area (Å²) < 4.78 is 10.4. The maximum atomic E-state index is 12.9. The molecule has 0 unspecified atom stereocenters. The molecule has 9 heteroatoms. The summed E-state index contributed by atoms with van der Waals surface area (Å²) in [7, 11) is 0. The highest BCUT2D eigenvalue weighted by Gasteiger charge is 2.28. The second-order valence-electron chi connectivity index (χ2n) is 6.90. The Morgan fingerprint density at radius 3 is 2.14 bits per heavy atom. The van der Waals surface area contributed by atoms with Gasteiger partial charge in [0.1, 0.15) is 5.69 Å². The fraction of sp³-hybridized carbons (Fsp3) is 0.400. The Kier molecular flexibility index (Phi) is 5.57. The summed E-state index contributed by atoms with van der Waals surface area (Å²) in [6, 6.07) is 6.46. The molecule has 4 heterocycles. The zero-order valence-corrected chi connectivity index (χ0v) is 16.0. The van der Waals surface area contributed by atoms with E-state index in [4.69, 9.17) is 9.15 Å². The molecule has 152 valence electrons. The van der Waals surface area contributed by atoms with E-state index < -0.39 is 0 Å². The van der Waals surface area contributed by atoms with Crippen LogP contribution in [0.1, 0.15) is 31.4 Å². The number of carbonyl (C=O) groups excluding carboxylic acids is 3. The van der Waals surface area contributed by atoms with Crippen molar-refractivity contribution in [3.63, 3.8) is 0 Å². The average molecular weight is 398 g/mol. The molecule has 3 amide bonds. The van der Waals surface area contributed by atoms with Crippen LogP contribution < -0.4 is 0 Å². The molecule has 29 heavy (non-hydrogen) atoms. The number of morpholine rings is 1. The fourth-order valence-electron chi connectivity index (χ4n) is 3.46. The molecule has 0 spiro atoms. The molecular weight excluding hydrogens is 376 g/mol. The topological polar surface area (TPSA) is 96.2 Å². The van der Waals surface area contributed by atoms with Crippen LogP contribution in [0.2, 0.25) is 0 Å². The Hall–Kier alpha value is -3.20. The molecule has 4 rings (SSSR count). The molecule has 0 N–H and O–H groups in total. The Bertz CT molecular complexity index is 884. The highest BCUT2D eigenvalue weighted by Crippen LogP contribution is 2.13. The van der Waals surface area contributed by atoms with E-state index in [1.165, 1.54) is 12.5 Å².